The van der Waals surface area contributed by atoms with Crippen molar-refractivity contribution < 1.29 is 9.90 Å². The van der Waals surface area contributed by atoms with Gasteiger partial charge in [-0.25, -0.2) is 0 Å². The van der Waals surface area contributed by atoms with Crippen LogP contribution in [0.5, 0.6) is 5.75 Å². The molecule has 0 spiro atoms. The third kappa shape index (κ3) is 5.14. The summed E-state index contributed by atoms with van der Waals surface area (Å²) in [7, 11) is 0. The summed E-state index contributed by atoms with van der Waals surface area (Å²) in [5.41, 5.74) is 1.73. The highest BCUT2D eigenvalue weighted by Crippen LogP contribution is 2.11. The summed E-state index contributed by atoms with van der Waals surface area (Å²) in [5.74, 6) is -0.253. The predicted octanol–water partition coefficient (Wildman–Crippen LogP) is 2.57. The van der Waals surface area contributed by atoms with Crippen molar-refractivity contribution in [1.82, 2.24) is 10.3 Å². The number of aromatic hydroxyl groups is 1. The molecule has 2 aromatic rings. The fraction of sp³-hybridized carbons (Fsp3) is 0.0556. The van der Waals surface area contributed by atoms with E-state index >= 15 is 0 Å². The Labute approximate surface area is 134 Å². The van der Waals surface area contributed by atoms with Crippen LogP contribution < -0.4 is 5.32 Å². The Hall–Kier alpha value is -3.39. The number of allylic oxidation sites excluding steroid dienone is 2. The predicted molar refractivity (Wildman–Crippen MR) is 86.9 cm³/mol. The quantitative estimate of drug-likeness (QED) is 0.505. The van der Waals surface area contributed by atoms with Gasteiger partial charge in [0.1, 0.15) is 17.4 Å². The van der Waals surface area contributed by atoms with Gasteiger partial charge in [0, 0.05) is 18.9 Å². The van der Waals surface area contributed by atoms with Crippen LogP contribution in [0.1, 0.15) is 11.1 Å². The van der Waals surface area contributed by atoms with Crippen LogP contribution in [0.15, 0.2) is 66.5 Å². The second kappa shape index (κ2) is 8.15. The van der Waals surface area contributed by atoms with E-state index in [9.17, 15) is 9.90 Å². The molecule has 1 aromatic carbocycles. The highest BCUT2D eigenvalue weighted by Gasteiger charge is 2.07. The Morgan fingerprint density at radius 1 is 1.30 bits per heavy atom. The van der Waals surface area contributed by atoms with E-state index in [2.05, 4.69) is 10.3 Å². The lowest BCUT2D eigenvalue weighted by molar-refractivity contribution is -0.117. The highest BCUT2D eigenvalue weighted by atomic mass is 16.3. The normalized spacial score (nSPS) is 11.2. The average molecular weight is 305 g/mol. The van der Waals surface area contributed by atoms with Crippen LogP contribution in [0.3, 0.4) is 0 Å². The van der Waals surface area contributed by atoms with E-state index in [-0.39, 0.29) is 11.3 Å². The second-order valence-corrected chi connectivity index (χ2v) is 4.69. The molecular formula is C18H15N3O2. The van der Waals surface area contributed by atoms with Gasteiger partial charge in [0.05, 0.1) is 0 Å². The monoisotopic (exact) mass is 305 g/mol. The molecule has 0 aliphatic rings. The minimum atomic E-state index is -0.438. The number of hydrogen-bond acceptors (Lipinski definition) is 4. The maximum absolute atomic E-state index is 11.9. The number of rotatable bonds is 5. The lowest BCUT2D eigenvalue weighted by Crippen LogP contribution is -2.23. The SMILES string of the molecule is N#C/C(=C\C=C\c1ccc(O)cc1)C(=O)NCc1cccnc1. The Morgan fingerprint density at radius 2 is 2.09 bits per heavy atom. The van der Waals surface area contributed by atoms with Crippen LogP contribution in [0.4, 0.5) is 0 Å². The fourth-order valence-electron chi connectivity index (χ4n) is 1.78. The number of nitrogens with one attached hydrogen (secondary N) is 1. The minimum absolute atomic E-state index is 0.0175. The van der Waals surface area contributed by atoms with Gasteiger partial charge >= 0.3 is 0 Å². The number of nitriles is 1. The first-order chi connectivity index (χ1) is 11.2. The highest BCUT2D eigenvalue weighted by molar-refractivity contribution is 5.97. The maximum Gasteiger partial charge on any atom is 0.262 e. The van der Waals surface area contributed by atoms with Crippen molar-refractivity contribution in [3.63, 3.8) is 0 Å². The molecule has 5 nitrogen and oxygen atoms in total. The number of pyridine rings is 1. The number of phenols is 1. The van der Waals surface area contributed by atoms with Crippen molar-refractivity contribution in [1.29, 1.82) is 5.26 Å². The van der Waals surface area contributed by atoms with Crippen molar-refractivity contribution >= 4 is 12.0 Å². The molecule has 5 heteroatoms. The van der Waals surface area contributed by atoms with E-state index in [0.717, 1.165) is 11.1 Å². The molecule has 0 aliphatic carbocycles. The maximum atomic E-state index is 11.9. The van der Waals surface area contributed by atoms with Gasteiger partial charge in [0.2, 0.25) is 0 Å². The van der Waals surface area contributed by atoms with E-state index in [0.29, 0.717) is 6.54 Å². The summed E-state index contributed by atoms with van der Waals surface area (Å²) in [6.45, 7) is 0.313. The molecule has 0 bridgehead atoms. The van der Waals surface area contributed by atoms with E-state index in [1.807, 2.05) is 12.1 Å². The number of amides is 1. The van der Waals surface area contributed by atoms with E-state index in [1.54, 1.807) is 54.9 Å². The molecule has 1 amide bonds. The molecule has 0 saturated heterocycles. The summed E-state index contributed by atoms with van der Waals surface area (Å²) in [4.78, 5) is 15.9. The van der Waals surface area contributed by atoms with Crippen molar-refractivity contribution in [2.75, 3.05) is 0 Å². The van der Waals surface area contributed by atoms with Crippen molar-refractivity contribution in [2.45, 2.75) is 6.54 Å². The summed E-state index contributed by atoms with van der Waals surface area (Å²) in [5, 5.41) is 20.9. The van der Waals surface area contributed by atoms with Crippen LogP contribution >= 0.6 is 0 Å². The molecule has 114 valence electrons. The molecule has 1 aromatic heterocycles. The molecule has 0 radical (unpaired) electrons. The van der Waals surface area contributed by atoms with E-state index < -0.39 is 5.91 Å². The largest absolute Gasteiger partial charge is 0.508 e. The topological polar surface area (TPSA) is 86.0 Å². The van der Waals surface area contributed by atoms with Gasteiger partial charge in [-0.15, -0.1) is 0 Å². The number of carbonyl (C=O) groups excluding carboxylic acids is 1. The second-order valence-electron chi connectivity index (χ2n) is 4.69. The van der Waals surface area contributed by atoms with Crippen molar-refractivity contribution in [3.8, 4) is 11.8 Å². The summed E-state index contributed by atoms with van der Waals surface area (Å²) < 4.78 is 0. The number of carbonyl (C=O) groups is 1. The summed E-state index contributed by atoms with van der Waals surface area (Å²) >= 11 is 0. The van der Waals surface area contributed by atoms with Gasteiger partial charge < -0.3 is 10.4 Å². The average Bonchev–Trinajstić information content (AvgIpc) is 2.59. The number of benzene rings is 1. The molecule has 0 unspecified atom stereocenters. The van der Waals surface area contributed by atoms with Crippen LogP contribution in [-0.4, -0.2) is 16.0 Å². The van der Waals surface area contributed by atoms with Gasteiger partial charge in [-0.3, -0.25) is 9.78 Å². The number of aromatic nitrogens is 1. The number of phenolic OH excluding ortho intramolecular Hbond substituents is 1. The van der Waals surface area contributed by atoms with Gasteiger partial charge in [0.25, 0.3) is 5.91 Å². The van der Waals surface area contributed by atoms with E-state index in [1.165, 1.54) is 6.08 Å². The summed E-state index contributed by atoms with van der Waals surface area (Å²) in [6, 6.07) is 12.1. The molecule has 0 atom stereocenters. The first kappa shape index (κ1) is 16.0. The van der Waals surface area contributed by atoms with Crippen LogP contribution in [0.2, 0.25) is 0 Å². The number of nitrogens with zero attached hydrogens (tertiary/aromatic N) is 2. The van der Waals surface area contributed by atoms with Crippen molar-refractivity contribution in [2.24, 2.45) is 0 Å². The molecule has 0 aliphatic heterocycles. The first-order valence-electron chi connectivity index (χ1n) is 6.93. The molecule has 1 heterocycles. The third-order valence-corrected chi connectivity index (χ3v) is 2.99. The molecule has 2 rings (SSSR count). The Morgan fingerprint density at radius 3 is 2.74 bits per heavy atom. The lowest BCUT2D eigenvalue weighted by atomic mass is 10.2. The third-order valence-electron chi connectivity index (χ3n) is 2.99. The zero-order valence-electron chi connectivity index (χ0n) is 12.3. The zero-order valence-corrected chi connectivity index (χ0v) is 12.3. The van der Waals surface area contributed by atoms with E-state index in [4.69, 9.17) is 5.26 Å². The lowest BCUT2D eigenvalue weighted by Gasteiger charge is -2.03. The minimum Gasteiger partial charge on any atom is -0.508 e. The van der Waals surface area contributed by atoms with Crippen LogP contribution in [-0.2, 0) is 11.3 Å². The Kier molecular flexibility index (Phi) is 5.67. The summed E-state index contributed by atoms with van der Waals surface area (Å²) in [6.07, 6.45) is 8.12. The first-order valence-corrected chi connectivity index (χ1v) is 6.93. The Bertz CT molecular complexity index is 757. The molecule has 0 fully saturated rings. The van der Waals surface area contributed by atoms with Crippen LogP contribution in [0, 0.1) is 11.3 Å². The van der Waals surface area contributed by atoms with Gasteiger partial charge in [-0.1, -0.05) is 30.4 Å². The fourth-order valence-corrected chi connectivity index (χ4v) is 1.78. The van der Waals surface area contributed by atoms with Crippen LogP contribution in [0.25, 0.3) is 6.08 Å². The smallest absolute Gasteiger partial charge is 0.262 e. The number of hydrogen-bond donors (Lipinski definition) is 2. The molecule has 23 heavy (non-hydrogen) atoms. The zero-order chi connectivity index (χ0) is 16.5. The molecule has 0 saturated carbocycles. The standard InChI is InChI=1S/C18H15N3O2/c19-11-16(5-1-3-14-6-8-17(22)9-7-14)18(23)21-13-15-4-2-10-20-12-15/h1-10,12,22H,13H2,(H,21,23)/b3-1+,16-5+. The van der Waals surface area contributed by atoms with Gasteiger partial charge in [0.15, 0.2) is 0 Å². The van der Waals surface area contributed by atoms with Gasteiger partial charge in [-0.2, -0.15) is 5.26 Å². The molecular weight excluding hydrogens is 290 g/mol. The molecule has 2 N–H and O–H groups in total. The van der Waals surface area contributed by atoms with Gasteiger partial charge in [-0.05, 0) is 35.4 Å². The Balaban J connectivity index is 1.96. The van der Waals surface area contributed by atoms with Crippen molar-refractivity contribution in [3.05, 3.63) is 77.6 Å².